The molecule has 0 saturated carbocycles. The van der Waals surface area contributed by atoms with Crippen LogP contribution in [0.2, 0.25) is 0 Å². The number of halogens is 3. The maximum Gasteiger partial charge on any atom is 0.417 e. The highest BCUT2D eigenvalue weighted by Crippen LogP contribution is 2.35. The fourth-order valence-electron chi connectivity index (χ4n) is 3.43. The fourth-order valence-corrected chi connectivity index (χ4v) is 3.94. The monoisotopic (exact) mass is 440 g/mol. The Morgan fingerprint density at radius 1 is 1.07 bits per heavy atom. The summed E-state index contributed by atoms with van der Waals surface area (Å²) >= 11 is 0. The number of carbonyl (C=O) groups is 1. The molecule has 0 aliphatic rings. The third-order valence-corrected chi connectivity index (χ3v) is 5.46. The van der Waals surface area contributed by atoms with Gasteiger partial charge in [0.05, 0.1) is 16.0 Å². The van der Waals surface area contributed by atoms with E-state index in [2.05, 4.69) is 0 Å². The van der Waals surface area contributed by atoms with Crippen molar-refractivity contribution in [2.24, 2.45) is 5.73 Å². The maximum atomic E-state index is 13.5. The number of hydrogen-bond acceptors (Lipinski definition) is 4. The number of alkyl halides is 3. The SMILES string of the molecule is Cc1cc(-n2c(=O)cc(C(F)(F)F)c3cc(S(=O)(=O)O)ccc32)cc(C)c1C(N)=O. The van der Waals surface area contributed by atoms with Crippen molar-refractivity contribution in [1.29, 1.82) is 0 Å². The Balaban J connectivity index is 2.47. The van der Waals surface area contributed by atoms with E-state index in [0.29, 0.717) is 23.3 Å². The summed E-state index contributed by atoms with van der Waals surface area (Å²) < 4.78 is 73.6. The highest BCUT2D eigenvalue weighted by molar-refractivity contribution is 7.85. The molecular formula is C19H15F3N2O5S. The first kappa shape index (κ1) is 21.5. The molecule has 0 aliphatic heterocycles. The number of aryl methyl sites for hydroxylation is 2. The number of primary amides is 1. The van der Waals surface area contributed by atoms with Crippen LogP contribution >= 0.6 is 0 Å². The van der Waals surface area contributed by atoms with Gasteiger partial charge in [0.15, 0.2) is 0 Å². The molecular weight excluding hydrogens is 425 g/mol. The van der Waals surface area contributed by atoms with Crippen molar-refractivity contribution in [3.05, 3.63) is 69.0 Å². The molecule has 0 saturated heterocycles. The van der Waals surface area contributed by atoms with E-state index in [4.69, 9.17) is 5.73 Å². The Hall–Kier alpha value is -3.18. The second kappa shape index (κ2) is 6.96. The number of nitrogens with zero attached hydrogens (tertiary/aromatic N) is 1. The standard InChI is InChI=1S/C19H15F3N2O5S/c1-9-5-11(6-10(2)17(9)18(23)26)24-15-4-3-12(30(27,28)29)7-13(15)14(8-16(24)25)19(20,21)22/h3-8H,1-2H3,(H2,23,26)(H,27,28,29). The average Bonchev–Trinajstić information content (AvgIpc) is 2.57. The van der Waals surface area contributed by atoms with Crippen molar-refractivity contribution in [3.8, 4) is 5.69 Å². The molecule has 3 N–H and O–H groups in total. The molecule has 3 rings (SSSR count). The van der Waals surface area contributed by atoms with E-state index in [1.54, 1.807) is 13.8 Å². The first-order valence-corrected chi connectivity index (χ1v) is 9.81. The molecule has 0 atom stereocenters. The van der Waals surface area contributed by atoms with E-state index >= 15 is 0 Å². The van der Waals surface area contributed by atoms with E-state index in [1.165, 1.54) is 12.1 Å². The van der Waals surface area contributed by atoms with Gasteiger partial charge < -0.3 is 5.73 Å². The van der Waals surface area contributed by atoms with Gasteiger partial charge >= 0.3 is 6.18 Å². The predicted molar refractivity (Wildman–Crippen MR) is 102 cm³/mol. The molecule has 11 heteroatoms. The molecule has 1 heterocycles. The molecule has 0 radical (unpaired) electrons. The van der Waals surface area contributed by atoms with Crippen molar-refractivity contribution >= 4 is 26.9 Å². The van der Waals surface area contributed by atoms with Gasteiger partial charge in [-0.2, -0.15) is 21.6 Å². The van der Waals surface area contributed by atoms with Gasteiger partial charge in [-0.05, 0) is 55.3 Å². The van der Waals surface area contributed by atoms with E-state index in [0.717, 1.165) is 16.7 Å². The number of benzene rings is 2. The summed E-state index contributed by atoms with van der Waals surface area (Å²) in [6.45, 7) is 3.12. The topological polar surface area (TPSA) is 119 Å². The summed E-state index contributed by atoms with van der Waals surface area (Å²) in [6.07, 6.45) is -4.95. The van der Waals surface area contributed by atoms with Crippen LogP contribution in [0.25, 0.3) is 16.6 Å². The van der Waals surface area contributed by atoms with Crippen LogP contribution in [-0.4, -0.2) is 23.4 Å². The highest BCUT2D eigenvalue weighted by atomic mass is 32.2. The summed E-state index contributed by atoms with van der Waals surface area (Å²) in [6, 6.07) is 5.73. The first-order chi connectivity index (χ1) is 13.7. The zero-order valence-corrected chi connectivity index (χ0v) is 16.4. The Morgan fingerprint density at radius 3 is 2.10 bits per heavy atom. The average molecular weight is 440 g/mol. The van der Waals surface area contributed by atoms with E-state index in [9.17, 15) is 35.7 Å². The van der Waals surface area contributed by atoms with Crippen LogP contribution in [-0.2, 0) is 16.3 Å². The molecule has 158 valence electrons. The third kappa shape index (κ3) is 3.68. The van der Waals surface area contributed by atoms with Crippen molar-refractivity contribution in [1.82, 2.24) is 4.57 Å². The maximum absolute atomic E-state index is 13.5. The number of rotatable bonds is 3. The van der Waals surface area contributed by atoms with Gasteiger partial charge in [-0.25, -0.2) is 0 Å². The molecule has 0 fully saturated rings. The minimum Gasteiger partial charge on any atom is -0.366 e. The number of pyridine rings is 1. The number of aromatic nitrogens is 1. The van der Waals surface area contributed by atoms with E-state index in [1.807, 2.05) is 0 Å². The Bertz CT molecular complexity index is 1350. The summed E-state index contributed by atoms with van der Waals surface area (Å²) in [5.74, 6) is -0.695. The lowest BCUT2D eigenvalue weighted by molar-refractivity contribution is -0.136. The molecule has 0 unspecified atom stereocenters. The van der Waals surface area contributed by atoms with Gasteiger partial charge in [0.1, 0.15) is 0 Å². The van der Waals surface area contributed by atoms with Crippen LogP contribution in [0.1, 0.15) is 27.0 Å². The van der Waals surface area contributed by atoms with Gasteiger partial charge in [-0.3, -0.25) is 18.7 Å². The van der Waals surface area contributed by atoms with E-state index in [-0.39, 0.29) is 16.8 Å². The van der Waals surface area contributed by atoms with Crippen LogP contribution in [0, 0.1) is 13.8 Å². The Kier molecular flexibility index (Phi) is 4.99. The van der Waals surface area contributed by atoms with Gasteiger partial charge in [-0.1, -0.05) is 0 Å². The molecule has 3 aromatic rings. The summed E-state index contributed by atoms with van der Waals surface area (Å²) in [7, 11) is -4.78. The number of hydrogen-bond donors (Lipinski definition) is 2. The smallest absolute Gasteiger partial charge is 0.366 e. The van der Waals surface area contributed by atoms with Crippen molar-refractivity contribution < 1.29 is 30.9 Å². The lowest BCUT2D eigenvalue weighted by Crippen LogP contribution is -2.23. The zero-order valence-electron chi connectivity index (χ0n) is 15.6. The molecule has 1 amide bonds. The second-order valence-electron chi connectivity index (χ2n) is 6.70. The quantitative estimate of drug-likeness (QED) is 0.607. The Labute approximate surface area is 168 Å². The molecule has 7 nitrogen and oxygen atoms in total. The normalized spacial score (nSPS) is 12.3. The van der Waals surface area contributed by atoms with Crippen molar-refractivity contribution in [3.63, 3.8) is 0 Å². The highest BCUT2D eigenvalue weighted by Gasteiger charge is 2.34. The Morgan fingerprint density at radius 2 is 1.63 bits per heavy atom. The molecule has 2 aromatic carbocycles. The largest absolute Gasteiger partial charge is 0.417 e. The summed E-state index contributed by atoms with van der Waals surface area (Å²) in [5.41, 5.74) is 3.96. The van der Waals surface area contributed by atoms with Crippen molar-refractivity contribution in [2.45, 2.75) is 24.9 Å². The van der Waals surface area contributed by atoms with Gasteiger partial charge in [-0.15, -0.1) is 0 Å². The first-order valence-electron chi connectivity index (χ1n) is 8.37. The molecule has 0 aliphatic carbocycles. The summed E-state index contributed by atoms with van der Waals surface area (Å²) in [5, 5.41) is -0.591. The molecule has 0 bridgehead atoms. The van der Waals surface area contributed by atoms with Crippen LogP contribution in [0.3, 0.4) is 0 Å². The predicted octanol–water partition coefficient (Wildman–Crippen LogP) is 2.97. The second-order valence-corrected chi connectivity index (χ2v) is 8.12. The lowest BCUT2D eigenvalue weighted by Gasteiger charge is -2.17. The van der Waals surface area contributed by atoms with Gasteiger partial charge in [0.2, 0.25) is 5.91 Å². The summed E-state index contributed by atoms with van der Waals surface area (Å²) in [4.78, 5) is 23.5. The van der Waals surface area contributed by atoms with Crippen LogP contribution < -0.4 is 11.3 Å². The minimum atomic E-state index is -4.95. The lowest BCUT2D eigenvalue weighted by atomic mass is 10.0. The third-order valence-electron chi connectivity index (χ3n) is 4.61. The number of fused-ring (bicyclic) bond motifs is 1. The van der Waals surface area contributed by atoms with Gasteiger partial charge in [0, 0.05) is 22.7 Å². The number of nitrogens with two attached hydrogens (primary N) is 1. The zero-order chi connectivity index (χ0) is 22.6. The molecule has 1 aromatic heterocycles. The van der Waals surface area contributed by atoms with Crippen LogP contribution in [0.15, 0.2) is 46.1 Å². The minimum absolute atomic E-state index is 0.165. The van der Waals surface area contributed by atoms with Crippen molar-refractivity contribution in [2.75, 3.05) is 0 Å². The number of amides is 1. The van der Waals surface area contributed by atoms with Crippen LogP contribution in [0.4, 0.5) is 13.2 Å². The molecule has 0 spiro atoms. The van der Waals surface area contributed by atoms with Gasteiger partial charge in [0.25, 0.3) is 15.7 Å². The fraction of sp³-hybridized carbons (Fsp3) is 0.158. The van der Waals surface area contributed by atoms with E-state index < -0.39 is 43.6 Å². The molecule has 30 heavy (non-hydrogen) atoms. The number of carbonyl (C=O) groups excluding carboxylic acids is 1. The van der Waals surface area contributed by atoms with Crippen LogP contribution in [0.5, 0.6) is 0 Å².